The second kappa shape index (κ2) is 9.15. The summed E-state index contributed by atoms with van der Waals surface area (Å²) < 4.78 is 1.80. The van der Waals surface area contributed by atoms with Crippen LogP contribution in [0.2, 0.25) is 0 Å². The molecule has 8 heteroatoms. The molecular weight excluding hydrogens is 301 g/mol. The Labute approximate surface area is 132 Å². The van der Waals surface area contributed by atoms with Crippen LogP contribution in [0.3, 0.4) is 0 Å². The first-order chi connectivity index (χ1) is 8.50. The number of rotatable bonds is 6. The summed E-state index contributed by atoms with van der Waals surface area (Å²) in [6, 6.07) is -0.172. The second-order valence-electron chi connectivity index (χ2n) is 4.69. The maximum absolute atomic E-state index is 12.3. The van der Waals surface area contributed by atoms with Gasteiger partial charge in [-0.25, -0.2) is 0 Å². The number of halogens is 2. The van der Waals surface area contributed by atoms with Crippen molar-refractivity contribution in [1.82, 2.24) is 20.1 Å². The molecule has 118 valence electrons. The highest BCUT2D eigenvalue weighted by molar-refractivity contribution is 5.85. The summed E-state index contributed by atoms with van der Waals surface area (Å²) in [6.07, 6.45) is 3.09. The number of aryl methyl sites for hydroxylation is 1. The summed E-state index contributed by atoms with van der Waals surface area (Å²) in [6.45, 7) is 6.23. The molecule has 1 aromatic heterocycles. The number of hydrogen-bond donors (Lipinski definition) is 2. The van der Waals surface area contributed by atoms with Crippen LogP contribution in [0.5, 0.6) is 0 Å². The quantitative estimate of drug-likeness (QED) is 0.831. The molecule has 1 heterocycles. The van der Waals surface area contributed by atoms with Gasteiger partial charge in [0.2, 0.25) is 5.91 Å². The fraction of sp³-hybridized carbons (Fsp3) is 0.750. The minimum absolute atomic E-state index is 0. The largest absolute Gasteiger partial charge is 0.346 e. The third kappa shape index (κ3) is 4.33. The lowest BCUT2D eigenvalue weighted by Crippen LogP contribution is -2.46. The Morgan fingerprint density at radius 3 is 2.35 bits per heavy atom. The van der Waals surface area contributed by atoms with E-state index in [-0.39, 0.29) is 36.8 Å². The molecule has 6 nitrogen and oxygen atoms in total. The van der Waals surface area contributed by atoms with Gasteiger partial charge in [0.05, 0.1) is 11.5 Å². The van der Waals surface area contributed by atoms with Crippen LogP contribution in [0.4, 0.5) is 0 Å². The molecule has 0 bridgehead atoms. The van der Waals surface area contributed by atoms with Crippen LogP contribution in [-0.2, 0) is 11.8 Å². The molecule has 0 aromatic carbocycles. The standard InChI is InChI=1S/C12H23N5O.2ClH/c1-5-12(6-2,7-13)11(18)15-9(3)10-16-14-8-17(10)4;;/h8-9H,5-7,13H2,1-4H3,(H,15,18);2*1H. The maximum Gasteiger partial charge on any atom is 0.228 e. The van der Waals surface area contributed by atoms with E-state index in [1.165, 1.54) is 0 Å². The van der Waals surface area contributed by atoms with Gasteiger partial charge in [0.25, 0.3) is 0 Å². The summed E-state index contributed by atoms with van der Waals surface area (Å²) in [5, 5.41) is 10.8. The van der Waals surface area contributed by atoms with Crippen molar-refractivity contribution >= 4 is 30.7 Å². The molecule has 20 heavy (non-hydrogen) atoms. The van der Waals surface area contributed by atoms with Crippen molar-refractivity contribution in [1.29, 1.82) is 0 Å². The highest BCUT2D eigenvalue weighted by atomic mass is 35.5. The summed E-state index contributed by atoms with van der Waals surface area (Å²) in [5.74, 6) is 0.729. The predicted octanol–water partition coefficient (Wildman–Crippen LogP) is 1.60. The highest BCUT2D eigenvalue weighted by Gasteiger charge is 2.34. The molecule has 0 aliphatic heterocycles. The fourth-order valence-corrected chi connectivity index (χ4v) is 2.05. The SMILES string of the molecule is CCC(CC)(CN)C(=O)NC(C)c1nncn1C.Cl.Cl. The van der Waals surface area contributed by atoms with Gasteiger partial charge >= 0.3 is 0 Å². The lowest BCUT2D eigenvalue weighted by atomic mass is 9.81. The molecular formula is C12H25Cl2N5O. The van der Waals surface area contributed by atoms with E-state index in [2.05, 4.69) is 15.5 Å². The van der Waals surface area contributed by atoms with E-state index < -0.39 is 5.41 Å². The van der Waals surface area contributed by atoms with Gasteiger partial charge in [0, 0.05) is 13.6 Å². The summed E-state index contributed by atoms with van der Waals surface area (Å²) in [7, 11) is 1.85. The van der Waals surface area contributed by atoms with E-state index in [0.29, 0.717) is 6.54 Å². The van der Waals surface area contributed by atoms with Gasteiger partial charge in [0.15, 0.2) is 5.82 Å². The van der Waals surface area contributed by atoms with Crippen LogP contribution in [0, 0.1) is 5.41 Å². The van der Waals surface area contributed by atoms with Crippen LogP contribution >= 0.6 is 24.8 Å². The Hall–Kier alpha value is -0.850. The number of hydrogen-bond acceptors (Lipinski definition) is 4. The molecule has 1 aromatic rings. The van der Waals surface area contributed by atoms with Gasteiger partial charge in [0.1, 0.15) is 6.33 Å². The van der Waals surface area contributed by atoms with Gasteiger partial charge in [-0.3, -0.25) is 4.79 Å². The van der Waals surface area contributed by atoms with Crippen molar-refractivity contribution in [2.24, 2.45) is 18.2 Å². The molecule has 1 unspecified atom stereocenters. The first kappa shape index (κ1) is 21.4. The molecule has 3 N–H and O–H groups in total. The van der Waals surface area contributed by atoms with E-state index in [4.69, 9.17) is 5.73 Å². The minimum Gasteiger partial charge on any atom is -0.346 e. The Bertz CT molecular complexity index is 398. The Morgan fingerprint density at radius 2 is 2.00 bits per heavy atom. The number of amides is 1. The number of carbonyl (C=O) groups excluding carboxylic acids is 1. The van der Waals surface area contributed by atoms with Crippen molar-refractivity contribution in [3.8, 4) is 0 Å². The molecule has 0 saturated carbocycles. The molecule has 0 radical (unpaired) electrons. The number of carbonyl (C=O) groups is 1. The Kier molecular flexibility index (Phi) is 9.82. The zero-order valence-electron chi connectivity index (χ0n) is 12.4. The fourth-order valence-electron chi connectivity index (χ4n) is 2.05. The first-order valence-electron chi connectivity index (χ1n) is 6.35. The second-order valence-corrected chi connectivity index (χ2v) is 4.69. The van der Waals surface area contributed by atoms with Gasteiger partial charge in [-0.15, -0.1) is 35.0 Å². The predicted molar refractivity (Wildman–Crippen MR) is 84.1 cm³/mol. The molecule has 0 saturated heterocycles. The van der Waals surface area contributed by atoms with E-state index in [1.54, 1.807) is 10.9 Å². The molecule has 1 amide bonds. The highest BCUT2D eigenvalue weighted by Crippen LogP contribution is 2.26. The van der Waals surface area contributed by atoms with E-state index in [1.807, 2.05) is 27.8 Å². The van der Waals surface area contributed by atoms with Crippen molar-refractivity contribution in [2.45, 2.75) is 39.7 Å². The first-order valence-corrected chi connectivity index (χ1v) is 6.35. The van der Waals surface area contributed by atoms with Crippen LogP contribution in [0.1, 0.15) is 45.5 Å². The Balaban J connectivity index is 0. The lowest BCUT2D eigenvalue weighted by molar-refractivity contribution is -0.131. The van der Waals surface area contributed by atoms with Crippen molar-refractivity contribution < 1.29 is 4.79 Å². The summed E-state index contributed by atoms with van der Waals surface area (Å²) >= 11 is 0. The third-order valence-electron chi connectivity index (χ3n) is 3.71. The topological polar surface area (TPSA) is 85.8 Å². The molecule has 0 fully saturated rings. The van der Waals surface area contributed by atoms with E-state index in [9.17, 15) is 4.79 Å². The van der Waals surface area contributed by atoms with Crippen LogP contribution < -0.4 is 11.1 Å². The molecule has 0 aliphatic carbocycles. The van der Waals surface area contributed by atoms with Crippen LogP contribution in [0.25, 0.3) is 0 Å². The monoisotopic (exact) mass is 325 g/mol. The summed E-state index contributed by atoms with van der Waals surface area (Å²) in [5.41, 5.74) is 5.28. The van der Waals surface area contributed by atoms with E-state index >= 15 is 0 Å². The average Bonchev–Trinajstić information content (AvgIpc) is 2.78. The van der Waals surface area contributed by atoms with Crippen molar-refractivity contribution in [3.05, 3.63) is 12.2 Å². The lowest BCUT2D eigenvalue weighted by Gasteiger charge is -2.30. The summed E-state index contributed by atoms with van der Waals surface area (Å²) in [4.78, 5) is 12.3. The molecule has 0 aliphatic rings. The van der Waals surface area contributed by atoms with Gasteiger partial charge in [-0.1, -0.05) is 13.8 Å². The van der Waals surface area contributed by atoms with Gasteiger partial charge in [-0.05, 0) is 19.8 Å². The Morgan fingerprint density at radius 1 is 1.45 bits per heavy atom. The minimum atomic E-state index is -0.479. The number of nitrogens with zero attached hydrogens (tertiary/aromatic N) is 3. The van der Waals surface area contributed by atoms with Crippen molar-refractivity contribution in [3.63, 3.8) is 0 Å². The average molecular weight is 326 g/mol. The van der Waals surface area contributed by atoms with Gasteiger partial charge in [-0.2, -0.15) is 0 Å². The number of nitrogens with two attached hydrogens (primary N) is 1. The number of aromatic nitrogens is 3. The van der Waals surface area contributed by atoms with Crippen LogP contribution in [0.15, 0.2) is 6.33 Å². The zero-order valence-corrected chi connectivity index (χ0v) is 14.1. The van der Waals surface area contributed by atoms with Crippen LogP contribution in [-0.4, -0.2) is 27.2 Å². The third-order valence-corrected chi connectivity index (χ3v) is 3.71. The smallest absolute Gasteiger partial charge is 0.228 e. The molecule has 0 spiro atoms. The zero-order chi connectivity index (χ0) is 13.8. The van der Waals surface area contributed by atoms with Crippen molar-refractivity contribution in [2.75, 3.05) is 6.54 Å². The van der Waals surface area contributed by atoms with E-state index in [0.717, 1.165) is 18.7 Å². The maximum atomic E-state index is 12.3. The molecule has 1 rings (SSSR count). The normalized spacial score (nSPS) is 12.1. The molecule has 1 atom stereocenters. The number of nitrogens with one attached hydrogen (secondary N) is 1. The van der Waals surface area contributed by atoms with Gasteiger partial charge < -0.3 is 15.6 Å².